The van der Waals surface area contributed by atoms with E-state index in [2.05, 4.69) is 10.0 Å². The summed E-state index contributed by atoms with van der Waals surface area (Å²) in [6.07, 6.45) is 1.87. The highest BCUT2D eigenvalue weighted by atomic mass is 35.5. The maximum absolute atomic E-state index is 12.3. The molecule has 18 heavy (non-hydrogen) atoms. The highest BCUT2D eigenvalue weighted by Crippen LogP contribution is 2.20. The Morgan fingerprint density at radius 1 is 1.44 bits per heavy atom. The molecule has 0 saturated carbocycles. The van der Waals surface area contributed by atoms with Gasteiger partial charge in [-0.3, -0.25) is 0 Å². The van der Waals surface area contributed by atoms with Crippen LogP contribution in [0.5, 0.6) is 0 Å². The molecule has 1 saturated heterocycles. The molecule has 1 atom stereocenters. The first-order valence-corrected chi connectivity index (χ1v) is 7.84. The third kappa shape index (κ3) is 3.23. The maximum Gasteiger partial charge on any atom is 0.241 e. The van der Waals surface area contributed by atoms with Crippen LogP contribution in [0.4, 0.5) is 0 Å². The normalized spacial score (nSPS) is 20.9. The van der Waals surface area contributed by atoms with Gasteiger partial charge in [-0.2, -0.15) is 0 Å². The highest BCUT2D eigenvalue weighted by Gasteiger charge is 2.22. The van der Waals surface area contributed by atoms with E-state index in [4.69, 9.17) is 11.6 Å². The van der Waals surface area contributed by atoms with Crippen LogP contribution in [-0.4, -0.2) is 27.5 Å². The fourth-order valence-electron chi connectivity index (χ4n) is 2.15. The lowest BCUT2D eigenvalue weighted by atomic mass is 10.1. The molecule has 0 amide bonds. The molecule has 0 spiro atoms. The Morgan fingerprint density at radius 3 is 2.83 bits per heavy atom. The van der Waals surface area contributed by atoms with Gasteiger partial charge >= 0.3 is 0 Å². The van der Waals surface area contributed by atoms with Crippen molar-refractivity contribution in [2.75, 3.05) is 13.1 Å². The van der Waals surface area contributed by atoms with Gasteiger partial charge in [0, 0.05) is 17.6 Å². The zero-order valence-electron chi connectivity index (χ0n) is 10.2. The molecular formula is C12H17ClN2O2S. The number of rotatable bonds is 3. The van der Waals surface area contributed by atoms with Gasteiger partial charge in [0.1, 0.15) is 0 Å². The minimum atomic E-state index is -3.46. The van der Waals surface area contributed by atoms with E-state index in [0.717, 1.165) is 19.4 Å². The first kappa shape index (κ1) is 13.8. The number of hydrogen-bond acceptors (Lipinski definition) is 3. The standard InChI is InChI=1S/C12H17ClN2O2S/c1-9-7-10(13)4-5-12(9)18(16,17)15-11-3-2-6-14-8-11/h4-5,7,11,14-15H,2-3,6,8H2,1H3/t11-/m1/s1. The Kier molecular flexibility index (Phi) is 4.27. The minimum Gasteiger partial charge on any atom is -0.315 e. The van der Waals surface area contributed by atoms with Gasteiger partial charge in [-0.15, -0.1) is 0 Å². The zero-order chi connectivity index (χ0) is 13.2. The summed E-state index contributed by atoms with van der Waals surface area (Å²) in [5.74, 6) is 0. The van der Waals surface area contributed by atoms with E-state index in [1.165, 1.54) is 0 Å². The van der Waals surface area contributed by atoms with Crippen LogP contribution in [-0.2, 0) is 10.0 Å². The second-order valence-electron chi connectivity index (χ2n) is 4.57. The third-order valence-corrected chi connectivity index (χ3v) is 4.96. The zero-order valence-corrected chi connectivity index (χ0v) is 11.8. The van der Waals surface area contributed by atoms with Gasteiger partial charge in [0.25, 0.3) is 0 Å². The smallest absolute Gasteiger partial charge is 0.241 e. The largest absolute Gasteiger partial charge is 0.315 e. The Bertz CT molecular complexity index is 525. The van der Waals surface area contributed by atoms with E-state index in [-0.39, 0.29) is 6.04 Å². The number of halogens is 1. The van der Waals surface area contributed by atoms with Gasteiger partial charge in [0.05, 0.1) is 4.90 Å². The number of sulfonamides is 1. The fraction of sp³-hybridized carbons (Fsp3) is 0.500. The van der Waals surface area contributed by atoms with Crippen molar-refractivity contribution < 1.29 is 8.42 Å². The van der Waals surface area contributed by atoms with E-state index in [1.54, 1.807) is 25.1 Å². The van der Waals surface area contributed by atoms with Crippen molar-refractivity contribution in [1.82, 2.24) is 10.0 Å². The lowest BCUT2D eigenvalue weighted by molar-refractivity contribution is 0.428. The fourth-order valence-corrected chi connectivity index (χ4v) is 3.87. The quantitative estimate of drug-likeness (QED) is 0.890. The predicted molar refractivity (Wildman–Crippen MR) is 72.4 cm³/mol. The number of hydrogen-bond donors (Lipinski definition) is 2. The van der Waals surface area contributed by atoms with Crippen molar-refractivity contribution in [3.63, 3.8) is 0 Å². The van der Waals surface area contributed by atoms with Crippen LogP contribution in [0.25, 0.3) is 0 Å². The lowest BCUT2D eigenvalue weighted by Crippen LogP contribution is -2.45. The summed E-state index contributed by atoms with van der Waals surface area (Å²) in [6, 6.07) is 4.78. The summed E-state index contributed by atoms with van der Waals surface area (Å²) in [5, 5.41) is 3.73. The van der Waals surface area contributed by atoms with Gasteiger partial charge in [-0.1, -0.05) is 11.6 Å². The molecule has 4 nitrogen and oxygen atoms in total. The number of aryl methyl sites for hydroxylation is 1. The van der Waals surface area contributed by atoms with Crippen molar-refractivity contribution in [3.8, 4) is 0 Å². The molecule has 1 aliphatic heterocycles. The molecule has 1 fully saturated rings. The monoisotopic (exact) mass is 288 g/mol. The summed E-state index contributed by atoms with van der Waals surface area (Å²) >= 11 is 5.83. The number of benzene rings is 1. The van der Waals surface area contributed by atoms with Crippen LogP contribution in [0, 0.1) is 6.92 Å². The molecule has 6 heteroatoms. The number of piperidine rings is 1. The van der Waals surface area contributed by atoms with Crippen LogP contribution in [0.2, 0.25) is 5.02 Å². The predicted octanol–water partition coefficient (Wildman–Crippen LogP) is 1.68. The number of nitrogens with one attached hydrogen (secondary N) is 2. The molecule has 2 N–H and O–H groups in total. The summed E-state index contributed by atoms with van der Waals surface area (Å²) in [6.45, 7) is 3.39. The van der Waals surface area contributed by atoms with Crippen LogP contribution in [0.15, 0.2) is 23.1 Å². The summed E-state index contributed by atoms with van der Waals surface area (Å²) < 4.78 is 27.2. The van der Waals surface area contributed by atoms with Gasteiger partial charge in [-0.05, 0) is 50.1 Å². The molecule has 0 aromatic heterocycles. The van der Waals surface area contributed by atoms with Gasteiger partial charge in [0.2, 0.25) is 10.0 Å². The Hall–Kier alpha value is -0.620. The molecular weight excluding hydrogens is 272 g/mol. The second kappa shape index (κ2) is 5.57. The minimum absolute atomic E-state index is 0.0289. The molecule has 0 radical (unpaired) electrons. The van der Waals surface area contributed by atoms with Gasteiger partial charge < -0.3 is 5.32 Å². The highest BCUT2D eigenvalue weighted by molar-refractivity contribution is 7.89. The lowest BCUT2D eigenvalue weighted by Gasteiger charge is -2.24. The molecule has 1 aliphatic rings. The van der Waals surface area contributed by atoms with E-state index in [0.29, 0.717) is 22.0 Å². The molecule has 0 unspecified atom stereocenters. The molecule has 2 rings (SSSR count). The van der Waals surface area contributed by atoms with E-state index >= 15 is 0 Å². The average Bonchev–Trinajstić information content (AvgIpc) is 2.29. The molecule has 1 aromatic carbocycles. The van der Waals surface area contributed by atoms with Crippen molar-refractivity contribution in [3.05, 3.63) is 28.8 Å². The van der Waals surface area contributed by atoms with Gasteiger partial charge in [0.15, 0.2) is 0 Å². The average molecular weight is 289 g/mol. The van der Waals surface area contributed by atoms with Crippen molar-refractivity contribution >= 4 is 21.6 Å². The van der Waals surface area contributed by atoms with Crippen LogP contribution < -0.4 is 10.0 Å². The second-order valence-corrected chi connectivity index (χ2v) is 6.69. The first-order valence-electron chi connectivity index (χ1n) is 5.98. The summed E-state index contributed by atoms with van der Waals surface area (Å²) in [5.41, 5.74) is 0.666. The molecule has 0 aliphatic carbocycles. The molecule has 100 valence electrons. The van der Waals surface area contributed by atoms with E-state index in [1.807, 2.05) is 0 Å². The van der Waals surface area contributed by atoms with Crippen molar-refractivity contribution in [2.24, 2.45) is 0 Å². The summed E-state index contributed by atoms with van der Waals surface area (Å²) in [4.78, 5) is 0.303. The molecule has 1 aromatic rings. The maximum atomic E-state index is 12.3. The third-order valence-electron chi connectivity index (χ3n) is 3.05. The van der Waals surface area contributed by atoms with Crippen LogP contribution in [0.1, 0.15) is 18.4 Å². The van der Waals surface area contributed by atoms with Crippen molar-refractivity contribution in [2.45, 2.75) is 30.7 Å². The van der Waals surface area contributed by atoms with Crippen molar-refractivity contribution in [1.29, 1.82) is 0 Å². The topological polar surface area (TPSA) is 58.2 Å². The molecule has 0 bridgehead atoms. The van der Waals surface area contributed by atoms with Crippen LogP contribution >= 0.6 is 11.6 Å². The van der Waals surface area contributed by atoms with E-state index in [9.17, 15) is 8.42 Å². The SMILES string of the molecule is Cc1cc(Cl)ccc1S(=O)(=O)N[C@@H]1CCCNC1. The summed E-state index contributed by atoms with van der Waals surface area (Å²) in [7, 11) is -3.46. The Labute approximate surface area is 113 Å². The molecule has 1 heterocycles. The first-order chi connectivity index (χ1) is 8.49. The van der Waals surface area contributed by atoms with Crippen LogP contribution in [0.3, 0.4) is 0 Å². The Balaban J connectivity index is 2.19. The van der Waals surface area contributed by atoms with Gasteiger partial charge in [-0.25, -0.2) is 13.1 Å². The van der Waals surface area contributed by atoms with E-state index < -0.39 is 10.0 Å². The Morgan fingerprint density at radius 2 is 2.22 bits per heavy atom.